The van der Waals surface area contributed by atoms with Crippen LogP contribution in [0.2, 0.25) is 0 Å². The van der Waals surface area contributed by atoms with Gasteiger partial charge in [0.1, 0.15) is 5.60 Å². The second kappa shape index (κ2) is 5.69. The van der Waals surface area contributed by atoms with E-state index in [4.69, 9.17) is 0 Å². The van der Waals surface area contributed by atoms with Crippen molar-refractivity contribution < 1.29 is 5.11 Å². The van der Waals surface area contributed by atoms with Gasteiger partial charge < -0.3 is 5.11 Å². The molecule has 1 atom stereocenters. The summed E-state index contributed by atoms with van der Waals surface area (Å²) in [6.45, 7) is 4.28. The van der Waals surface area contributed by atoms with Crippen LogP contribution in [-0.2, 0) is 5.60 Å². The Labute approximate surface area is 132 Å². The molecule has 1 aromatic carbocycles. The van der Waals surface area contributed by atoms with Crippen LogP contribution >= 0.6 is 0 Å². The van der Waals surface area contributed by atoms with Crippen LogP contribution in [0.5, 0.6) is 0 Å². The summed E-state index contributed by atoms with van der Waals surface area (Å²) < 4.78 is 0. The molecule has 1 fully saturated rings. The molecule has 22 heavy (non-hydrogen) atoms. The Morgan fingerprint density at radius 3 is 2.45 bits per heavy atom. The van der Waals surface area contributed by atoms with Crippen molar-refractivity contribution in [1.82, 2.24) is 4.98 Å². The van der Waals surface area contributed by atoms with E-state index in [0.29, 0.717) is 0 Å². The van der Waals surface area contributed by atoms with Crippen molar-refractivity contribution in [2.75, 3.05) is 0 Å². The quantitative estimate of drug-likeness (QED) is 0.880. The molecular weight excluding hydrogens is 270 g/mol. The Morgan fingerprint density at radius 1 is 1.05 bits per heavy atom. The first-order valence-corrected chi connectivity index (χ1v) is 7.94. The van der Waals surface area contributed by atoms with Crippen LogP contribution in [0.3, 0.4) is 0 Å². The zero-order valence-electron chi connectivity index (χ0n) is 13.3. The molecule has 1 aromatic heterocycles. The van der Waals surface area contributed by atoms with Crippen molar-refractivity contribution in [2.45, 2.75) is 38.7 Å². The van der Waals surface area contributed by atoms with Gasteiger partial charge in [-0.15, -0.1) is 0 Å². The largest absolute Gasteiger partial charge is 0.379 e. The summed E-state index contributed by atoms with van der Waals surface area (Å²) in [7, 11) is 0. The molecule has 1 heterocycles. The Bertz CT molecular complexity index is 661. The molecule has 0 amide bonds. The number of aromatic nitrogens is 1. The van der Waals surface area contributed by atoms with Gasteiger partial charge in [-0.1, -0.05) is 56.3 Å². The molecule has 0 spiro atoms. The summed E-state index contributed by atoms with van der Waals surface area (Å²) in [6.07, 6.45) is 6.89. The number of benzene rings is 1. The molecule has 1 saturated carbocycles. The third kappa shape index (κ3) is 2.48. The van der Waals surface area contributed by atoms with Crippen molar-refractivity contribution in [1.29, 1.82) is 0 Å². The number of hydrogen-bond donors (Lipinski definition) is 1. The fourth-order valence-electron chi connectivity index (χ4n) is 3.53. The number of hydrogen-bond acceptors (Lipinski definition) is 2. The van der Waals surface area contributed by atoms with Crippen LogP contribution in [0.15, 0.2) is 60.3 Å². The summed E-state index contributed by atoms with van der Waals surface area (Å²) >= 11 is 0. The van der Waals surface area contributed by atoms with Gasteiger partial charge in [0.2, 0.25) is 0 Å². The van der Waals surface area contributed by atoms with E-state index in [9.17, 15) is 5.11 Å². The van der Waals surface area contributed by atoms with Crippen LogP contribution in [0.25, 0.3) is 6.08 Å². The van der Waals surface area contributed by atoms with Crippen molar-refractivity contribution in [3.05, 3.63) is 71.6 Å². The van der Waals surface area contributed by atoms with Gasteiger partial charge in [0, 0.05) is 11.6 Å². The average Bonchev–Trinajstić information content (AvgIpc) is 2.53. The second-order valence-electron chi connectivity index (χ2n) is 6.74. The normalized spacial score (nSPS) is 26.0. The van der Waals surface area contributed by atoms with E-state index < -0.39 is 5.60 Å². The maximum Gasteiger partial charge on any atom is 0.133 e. The highest BCUT2D eigenvalue weighted by Crippen LogP contribution is 2.52. The molecule has 1 N–H and O–H groups in total. The molecule has 1 aliphatic rings. The molecule has 1 aliphatic carbocycles. The van der Waals surface area contributed by atoms with Crippen molar-refractivity contribution >= 4 is 6.08 Å². The smallest absolute Gasteiger partial charge is 0.133 e. The lowest BCUT2D eigenvalue weighted by Gasteiger charge is -2.47. The van der Waals surface area contributed by atoms with Crippen LogP contribution in [0, 0.1) is 5.41 Å². The lowest BCUT2D eigenvalue weighted by atomic mass is 9.61. The van der Waals surface area contributed by atoms with Crippen molar-refractivity contribution in [3.63, 3.8) is 0 Å². The average molecular weight is 293 g/mol. The number of aliphatic hydroxyl groups is 1. The number of nitrogens with zero attached hydrogens (tertiary/aromatic N) is 1. The molecule has 0 bridgehead atoms. The fraction of sp³-hybridized carbons (Fsp3) is 0.350. The van der Waals surface area contributed by atoms with Gasteiger partial charge in [0.15, 0.2) is 0 Å². The summed E-state index contributed by atoms with van der Waals surface area (Å²) in [5.41, 5.74) is 1.70. The minimum atomic E-state index is -1.01. The molecule has 114 valence electrons. The van der Waals surface area contributed by atoms with Gasteiger partial charge in [0.05, 0.1) is 5.69 Å². The van der Waals surface area contributed by atoms with Gasteiger partial charge in [-0.2, -0.15) is 0 Å². The van der Waals surface area contributed by atoms with Gasteiger partial charge in [0.25, 0.3) is 0 Å². The minimum Gasteiger partial charge on any atom is -0.379 e. The SMILES string of the molecule is CC1(C)CCC/C(=C/c2ccccc2)[C@]1(O)c1ccccn1. The predicted molar refractivity (Wildman–Crippen MR) is 90.2 cm³/mol. The van der Waals surface area contributed by atoms with Crippen LogP contribution in [-0.4, -0.2) is 10.1 Å². The zero-order valence-corrected chi connectivity index (χ0v) is 13.3. The van der Waals surface area contributed by atoms with Gasteiger partial charge in [-0.3, -0.25) is 4.98 Å². The van der Waals surface area contributed by atoms with E-state index in [1.165, 1.54) is 0 Å². The van der Waals surface area contributed by atoms with E-state index in [0.717, 1.165) is 36.1 Å². The van der Waals surface area contributed by atoms with Crippen LogP contribution in [0.1, 0.15) is 44.4 Å². The summed E-state index contributed by atoms with van der Waals surface area (Å²) in [5.74, 6) is 0. The Kier molecular flexibility index (Phi) is 3.88. The molecule has 2 aromatic rings. The zero-order chi connectivity index (χ0) is 15.6. The topological polar surface area (TPSA) is 33.1 Å². The first-order chi connectivity index (χ1) is 10.5. The first kappa shape index (κ1) is 15.0. The highest BCUT2D eigenvalue weighted by atomic mass is 16.3. The number of rotatable bonds is 2. The van der Waals surface area contributed by atoms with Crippen LogP contribution in [0.4, 0.5) is 0 Å². The van der Waals surface area contributed by atoms with E-state index in [2.05, 4.69) is 37.0 Å². The molecule has 0 aliphatic heterocycles. The monoisotopic (exact) mass is 293 g/mol. The lowest BCUT2D eigenvalue weighted by molar-refractivity contribution is -0.0638. The summed E-state index contributed by atoms with van der Waals surface area (Å²) in [4.78, 5) is 4.47. The third-order valence-electron chi connectivity index (χ3n) is 4.87. The minimum absolute atomic E-state index is 0.236. The lowest BCUT2D eigenvalue weighted by Crippen LogP contribution is -2.46. The van der Waals surface area contributed by atoms with Crippen LogP contribution < -0.4 is 0 Å². The van der Waals surface area contributed by atoms with E-state index in [1.807, 2.05) is 36.4 Å². The molecule has 2 heteroatoms. The van der Waals surface area contributed by atoms with E-state index >= 15 is 0 Å². The summed E-state index contributed by atoms with van der Waals surface area (Å²) in [6, 6.07) is 16.0. The maximum atomic E-state index is 11.7. The number of pyridine rings is 1. The second-order valence-corrected chi connectivity index (χ2v) is 6.74. The first-order valence-electron chi connectivity index (χ1n) is 7.94. The summed E-state index contributed by atoms with van der Waals surface area (Å²) in [5, 5.41) is 11.7. The maximum absolute atomic E-state index is 11.7. The molecule has 0 saturated heterocycles. The Morgan fingerprint density at radius 2 is 1.77 bits per heavy atom. The molecule has 3 rings (SSSR count). The Hall–Kier alpha value is -1.93. The highest BCUT2D eigenvalue weighted by molar-refractivity contribution is 5.57. The van der Waals surface area contributed by atoms with E-state index in [-0.39, 0.29) is 5.41 Å². The van der Waals surface area contributed by atoms with Gasteiger partial charge in [-0.05, 0) is 42.5 Å². The highest BCUT2D eigenvalue weighted by Gasteiger charge is 2.50. The predicted octanol–water partition coefficient (Wildman–Crippen LogP) is 4.56. The standard InChI is InChI=1S/C20H23NO/c1-19(2)13-8-11-17(15-16-9-4-3-5-10-16)20(19,22)18-12-6-7-14-21-18/h3-7,9-10,12,14-15,22H,8,11,13H2,1-2H3/b17-15-/t20-/m0/s1. The third-order valence-corrected chi connectivity index (χ3v) is 4.87. The van der Waals surface area contributed by atoms with Gasteiger partial charge >= 0.3 is 0 Å². The molecule has 0 unspecified atom stereocenters. The molecule has 2 nitrogen and oxygen atoms in total. The van der Waals surface area contributed by atoms with E-state index in [1.54, 1.807) is 6.20 Å². The van der Waals surface area contributed by atoms with Crippen molar-refractivity contribution in [3.8, 4) is 0 Å². The molecular formula is C20H23NO. The fourth-order valence-corrected chi connectivity index (χ4v) is 3.53. The van der Waals surface area contributed by atoms with Crippen molar-refractivity contribution in [2.24, 2.45) is 5.41 Å². The molecule has 0 radical (unpaired) electrons. The van der Waals surface area contributed by atoms with Gasteiger partial charge in [-0.25, -0.2) is 0 Å². The Balaban J connectivity index is 2.13.